The second-order valence-corrected chi connectivity index (χ2v) is 5.36. The fourth-order valence-electron chi connectivity index (χ4n) is 2.50. The van der Waals surface area contributed by atoms with E-state index in [0.29, 0.717) is 0 Å². The normalized spacial score (nSPS) is 28.7. The maximum absolute atomic E-state index is 13.1. The molecule has 0 aromatic rings. The molecule has 2 radical (unpaired) electrons. The second kappa shape index (κ2) is 5.66. The van der Waals surface area contributed by atoms with Crippen LogP contribution in [0, 0.1) is 5.92 Å². The Labute approximate surface area is 126 Å². The number of hydrogen-bond donors (Lipinski definition) is 1. The number of carboxylic acids is 1. The van der Waals surface area contributed by atoms with Crippen molar-refractivity contribution < 1.29 is 27.9 Å². The van der Waals surface area contributed by atoms with E-state index in [1.807, 2.05) is 0 Å². The molecule has 1 heterocycles. The van der Waals surface area contributed by atoms with E-state index in [-0.39, 0.29) is 18.5 Å². The highest BCUT2D eigenvalue weighted by Gasteiger charge is 2.48. The lowest BCUT2D eigenvalue weighted by Crippen LogP contribution is -2.31. The van der Waals surface area contributed by atoms with E-state index in [0.717, 1.165) is 17.1 Å². The first-order chi connectivity index (χ1) is 10.1. The maximum atomic E-state index is 13.1. The number of amides is 1. The van der Waals surface area contributed by atoms with E-state index in [4.69, 9.17) is 13.0 Å². The summed E-state index contributed by atoms with van der Waals surface area (Å²) in [7, 11) is 5.42. The van der Waals surface area contributed by atoms with Crippen LogP contribution in [0.15, 0.2) is 36.0 Å². The Balaban J connectivity index is 2.25. The number of carbonyl (C=O) groups excluding carboxylic acids is 1. The molecule has 0 bridgehead atoms. The molecule has 1 aliphatic carbocycles. The highest BCUT2D eigenvalue weighted by atomic mass is 19.4. The van der Waals surface area contributed by atoms with E-state index in [1.165, 1.54) is 18.2 Å². The standard InChI is InChI=1S/C14H13BF3NO3/c15-13(14(16,17)18)4-2-1-3-9(6-13)10-5-11(20)19(7-10)8-12(21)22/h1-4,6,10H,5,7-8H2,(H,21,22). The number of allylic oxidation sites excluding steroid dienone is 5. The molecule has 1 aliphatic heterocycles. The van der Waals surface area contributed by atoms with Crippen molar-refractivity contribution in [1.82, 2.24) is 4.90 Å². The Kier molecular flexibility index (Phi) is 4.22. The minimum atomic E-state index is -4.66. The fourth-order valence-corrected chi connectivity index (χ4v) is 2.50. The molecule has 4 nitrogen and oxygen atoms in total. The molecule has 1 fully saturated rings. The average Bonchev–Trinajstić information content (AvgIpc) is 2.60. The van der Waals surface area contributed by atoms with Crippen LogP contribution in [0.4, 0.5) is 13.2 Å². The van der Waals surface area contributed by atoms with Gasteiger partial charge in [0.15, 0.2) is 0 Å². The van der Waals surface area contributed by atoms with Gasteiger partial charge in [-0.3, -0.25) is 9.59 Å². The lowest BCUT2D eigenvalue weighted by molar-refractivity contribution is -0.142. The van der Waals surface area contributed by atoms with Gasteiger partial charge in [0, 0.05) is 18.9 Å². The topological polar surface area (TPSA) is 57.6 Å². The third kappa shape index (κ3) is 3.26. The SMILES string of the molecule is [B]C1(C(F)(F)F)C=CC=CC(C2CC(=O)N(CC(=O)O)C2)=C1. The molecule has 1 amide bonds. The predicted molar refractivity (Wildman–Crippen MR) is 73.2 cm³/mol. The molecule has 1 N–H and O–H groups in total. The Bertz CT molecular complexity index is 582. The summed E-state index contributed by atoms with van der Waals surface area (Å²) in [5.41, 5.74) is 0.283. The van der Waals surface area contributed by atoms with Crippen LogP contribution < -0.4 is 0 Å². The van der Waals surface area contributed by atoms with Crippen molar-refractivity contribution in [2.75, 3.05) is 13.1 Å². The summed E-state index contributed by atoms with van der Waals surface area (Å²) < 4.78 is 39.3. The molecule has 0 spiro atoms. The van der Waals surface area contributed by atoms with Gasteiger partial charge in [0.25, 0.3) is 0 Å². The molecule has 22 heavy (non-hydrogen) atoms. The Morgan fingerprint density at radius 1 is 1.45 bits per heavy atom. The molecule has 116 valence electrons. The van der Waals surface area contributed by atoms with Crippen LogP contribution in [-0.2, 0) is 9.59 Å². The van der Waals surface area contributed by atoms with Gasteiger partial charge in [-0.1, -0.05) is 30.4 Å². The summed E-state index contributed by atoms with van der Waals surface area (Å²) >= 11 is 0. The number of rotatable bonds is 3. The first-order valence-electron chi connectivity index (χ1n) is 6.56. The van der Waals surface area contributed by atoms with Crippen molar-refractivity contribution in [1.29, 1.82) is 0 Å². The van der Waals surface area contributed by atoms with Gasteiger partial charge in [0.05, 0.1) is 13.2 Å². The first-order valence-corrected chi connectivity index (χ1v) is 6.56. The molecule has 0 saturated carbocycles. The quantitative estimate of drug-likeness (QED) is 0.810. The highest BCUT2D eigenvalue weighted by molar-refractivity contribution is 6.19. The zero-order valence-electron chi connectivity index (χ0n) is 11.5. The number of aliphatic carboxylic acids is 1. The van der Waals surface area contributed by atoms with Crippen molar-refractivity contribution in [3.05, 3.63) is 36.0 Å². The molecule has 2 atom stereocenters. The molecule has 1 saturated heterocycles. The van der Waals surface area contributed by atoms with Gasteiger partial charge in [-0.05, 0) is 5.57 Å². The van der Waals surface area contributed by atoms with E-state index in [2.05, 4.69) is 0 Å². The van der Waals surface area contributed by atoms with Crippen LogP contribution in [0.2, 0.25) is 5.31 Å². The van der Waals surface area contributed by atoms with Crippen molar-refractivity contribution in [3.8, 4) is 0 Å². The third-order valence-corrected chi connectivity index (χ3v) is 3.68. The van der Waals surface area contributed by atoms with Crippen LogP contribution in [-0.4, -0.2) is 49.0 Å². The minimum absolute atomic E-state index is 0.0304. The molecule has 2 aliphatic rings. The second-order valence-electron chi connectivity index (χ2n) is 5.36. The van der Waals surface area contributed by atoms with Crippen molar-refractivity contribution in [2.24, 2.45) is 5.92 Å². The number of hydrogen-bond acceptors (Lipinski definition) is 2. The Morgan fingerprint density at radius 3 is 2.73 bits per heavy atom. The summed E-state index contributed by atoms with van der Waals surface area (Å²) in [6, 6.07) is 0. The van der Waals surface area contributed by atoms with E-state index < -0.39 is 35.8 Å². The third-order valence-electron chi connectivity index (χ3n) is 3.68. The number of nitrogens with zero attached hydrogens (tertiary/aromatic N) is 1. The number of alkyl halides is 3. The van der Waals surface area contributed by atoms with Gasteiger partial charge in [-0.2, -0.15) is 13.2 Å². The largest absolute Gasteiger partial charge is 0.480 e. The smallest absolute Gasteiger partial charge is 0.393 e. The molecular formula is C14H13BF3NO3. The molecule has 8 heteroatoms. The number of carbonyl (C=O) groups is 2. The van der Waals surface area contributed by atoms with Gasteiger partial charge < -0.3 is 10.0 Å². The summed E-state index contributed by atoms with van der Waals surface area (Å²) in [5, 5.41) is 6.12. The zero-order valence-corrected chi connectivity index (χ0v) is 11.5. The molecule has 0 aromatic heterocycles. The van der Waals surface area contributed by atoms with Crippen molar-refractivity contribution >= 4 is 19.7 Å². The first kappa shape index (κ1) is 16.4. The number of halogens is 3. The van der Waals surface area contributed by atoms with Crippen molar-refractivity contribution in [3.63, 3.8) is 0 Å². The molecule has 0 aromatic carbocycles. The summed E-state index contributed by atoms with van der Waals surface area (Å²) in [5.74, 6) is -2.06. The molecular weight excluding hydrogens is 298 g/mol. The monoisotopic (exact) mass is 311 g/mol. The van der Waals surface area contributed by atoms with E-state index in [1.54, 1.807) is 0 Å². The average molecular weight is 311 g/mol. The van der Waals surface area contributed by atoms with Crippen LogP contribution in [0.5, 0.6) is 0 Å². The van der Waals surface area contributed by atoms with Crippen molar-refractivity contribution in [2.45, 2.75) is 17.9 Å². The van der Waals surface area contributed by atoms with Crippen LogP contribution in [0.3, 0.4) is 0 Å². The van der Waals surface area contributed by atoms with Crippen LogP contribution in [0.1, 0.15) is 6.42 Å². The van der Waals surface area contributed by atoms with Crippen LogP contribution in [0.25, 0.3) is 0 Å². The maximum Gasteiger partial charge on any atom is 0.393 e. The Hall–Kier alpha value is -1.99. The highest BCUT2D eigenvalue weighted by Crippen LogP contribution is 2.47. The van der Waals surface area contributed by atoms with Gasteiger partial charge in [0.2, 0.25) is 5.91 Å². The van der Waals surface area contributed by atoms with Gasteiger partial charge in [0.1, 0.15) is 6.54 Å². The lowest BCUT2D eigenvalue weighted by Gasteiger charge is -2.27. The van der Waals surface area contributed by atoms with Gasteiger partial charge >= 0.3 is 12.1 Å². The molecule has 2 unspecified atom stereocenters. The zero-order chi connectivity index (χ0) is 16.5. The van der Waals surface area contributed by atoms with Gasteiger partial charge in [-0.25, -0.2) is 0 Å². The number of carboxylic acid groups (broad SMARTS) is 1. The molecule has 2 rings (SSSR count). The summed E-state index contributed by atoms with van der Waals surface area (Å²) in [6.07, 6.45) is 1.16. The van der Waals surface area contributed by atoms with Gasteiger partial charge in [-0.15, -0.1) is 0 Å². The van der Waals surface area contributed by atoms with E-state index in [9.17, 15) is 22.8 Å². The summed E-state index contributed by atoms with van der Waals surface area (Å²) in [4.78, 5) is 23.5. The fraction of sp³-hybridized carbons (Fsp3) is 0.429. The minimum Gasteiger partial charge on any atom is -0.480 e. The lowest BCUT2D eigenvalue weighted by atomic mass is 9.66. The predicted octanol–water partition coefficient (Wildman–Crippen LogP) is 1.86. The van der Waals surface area contributed by atoms with E-state index >= 15 is 0 Å². The summed E-state index contributed by atoms with van der Waals surface area (Å²) in [6.45, 7) is -0.396. The van der Waals surface area contributed by atoms with Crippen LogP contribution >= 0.6 is 0 Å². The Morgan fingerprint density at radius 2 is 2.14 bits per heavy atom. The number of likely N-dealkylation sites (tertiary alicyclic amines) is 1.